The molecule has 0 spiro atoms. The van der Waals surface area contributed by atoms with Crippen molar-refractivity contribution in [3.05, 3.63) is 39.8 Å². The molecule has 0 atom stereocenters. The summed E-state index contributed by atoms with van der Waals surface area (Å²) < 4.78 is 10.7. The third-order valence-corrected chi connectivity index (χ3v) is 5.93. The highest BCUT2D eigenvalue weighted by atomic mass is 32.1. The summed E-state index contributed by atoms with van der Waals surface area (Å²) in [4.78, 5) is 27.3. The van der Waals surface area contributed by atoms with Gasteiger partial charge in [-0.1, -0.05) is 6.07 Å². The van der Waals surface area contributed by atoms with Crippen LogP contribution in [-0.2, 0) is 24.2 Å². The number of nitrogens with two attached hydrogens (primary N) is 1. The lowest BCUT2D eigenvalue weighted by Gasteiger charge is -2.16. The van der Waals surface area contributed by atoms with Crippen LogP contribution in [0.25, 0.3) is 0 Å². The molecule has 8 heteroatoms. The van der Waals surface area contributed by atoms with Gasteiger partial charge in [-0.05, 0) is 49.6 Å². The molecule has 1 aliphatic heterocycles. The number of nitrogens with one attached hydrogen (secondary N) is 1. The van der Waals surface area contributed by atoms with Crippen molar-refractivity contribution >= 4 is 28.2 Å². The van der Waals surface area contributed by atoms with Crippen LogP contribution in [0, 0.1) is 0 Å². The van der Waals surface area contributed by atoms with Crippen molar-refractivity contribution < 1.29 is 19.1 Å². The first-order valence-corrected chi connectivity index (χ1v) is 9.64. The number of likely N-dealkylation sites (N-methyl/N-ethyl adjacent to an activating group) is 1. The van der Waals surface area contributed by atoms with E-state index in [1.165, 1.54) is 11.3 Å². The Morgan fingerprint density at radius 1 is 1.26 bits per heavy atom. The summed E-state index contributed by atoms with van der Waals surface area (Å²) in [5.41, 5.74) is 8.07. The fourth-order valence-electron chi connectivity index (χ4n) is 3.57. The fourth-order valence-corrected chi connectivity index (χ4v) is 4.88. The van der Waals surface area contributed by atoms with Gasteiger partial charge in [0.25, 0.3) is 5.91 Å². The number of hydrogen-bond acceptors (Lipinski definition) is 6. The maximum Gasteiger partial charge on any atom is 0.251 e. The monoisotopic (exact) mass is 387 g/mol. The standard InChI is InChI=1S/C19H21N3O4S/c1-22(8-11-5-6-13-14(7-11)26-10-25-13)9-16(23)21-19-17(18(20)24)12-3-2-4-15(12)27-19/h5-7H,2-4,8-10H2,1H3,(H2,20,24)(H,21,23). The molecule has 0 bridgehead atoms. The molecular formula is C19H21N3O4S. The van der Waals surface area contributed by atoms with Crippen LogP contribution in [-0.4, -0.2) is 37.1 Å². The highest BCUT2D eigenvalue weighted by molar-refractivity contribution is 7.17. The maximum absolute atomic E-state index is 12.5. The Bertz CT molecular complexity index is 909. The highest BCUT2D eigenvalue weighted by Crippen LogP contribution is 2.38. The molecule has 142 valence electrons. The van der Waals surface area contributed by atoms with Gasteiger partial charge in [-0.15, -0.1) is 11.3 Å². The Hall–Kier alpha value is -2.58. The van der Waals surface area contributed by atoms with Crippen molar-refractivity contribution in [3.63, 3.8) is 0 Å². The Balaban J connectivity index is 1.39. The van der Waals surface area contributed by atoms with Crippen LogP contribution in [0.2, 0.25) is 0 Å². The van der Waals surface area contributed by atoms with E-state index in [0.29, 0.717) is 17.1 Å². The quantitative estimate of drug-likeness (QED) is 0.792. The second-order valence-corrected chi connectivity index (χ2v) is 7.94. The summed E-state index contributed by atoms with van der Waals surface area (Å²) in [6.45, 7) is 1.03. The first kappa shape index (κ1) is 17.8. The first-order chi connectivity index (χ1) is 13.0. The predicted octanol–water partition coefficient (Wildman–Crippen LogP) is 2.13. The number of thiophene rings is 1. The smallest absolute Gasteiger partial charge is 0.251 e. The number of ether oxygens (including phenoxy) is 2. The van der Waals surface area contributed by atoms with E-state index in [4.69, 9.17) is 15.2 Å². The largest absolute Gasteiger partial charge is 0.454 e. The van der Waals surface area contributed by atoms with Gasteiger partial charge in [0.05, 0.1) is 12.1 Å². The lowest BCUT2D eigenvalue weighted by atomic mass is 10.1. The van der Waals surface area contributed by atoms with Crippen molar-refractivity contribution in [1.29, 1.82) is 0 Å². The summed E-state index contributed by atoms with van der Waals surface area (Å²) >= 11 is 1.47. The molecule has 0 fully saturated rings. The zero-order valence-corrected chi connectivity index (χ0v) is 15.9. The minimum absolute atomic E-state index is 0.166. The minimum Gasteiger partial charge on any atom is -0.454 e. The number of nitrogens with zero attached hydrogens (tertiary/aromatic N) is 1. The summed E-state index contributed by atoms with van der Waals surface area (Å²) in [7, 11) is 1.87. The molecule has 7 nitrogen and oxygen atoms in total. The number of amides is 2. The molecule has 4 rings (SSSR count). The van der Waals surface area contributed by atoms with E-state index in [1.54, 1.807) is 0 Å². The van der Waals surface area contributed by atoms with Crippen LogP contribution >= 0.6 is 11.3 Å². The van der Waals surface area contributed by atoms with Crippen LogP contribution in [0.5, 0.6) is 11.5 Å². The highest BCUT2D eigenvalue weighted by Gasteiger charge is 2.26. The Kier molecular flexibility index (Phi) is 4.75. The molecular weight excluding hydrogens is 366 g/mol. The van der Waals surface area contributed by atoms with Crippen molar-refractivity contribution in [2.24, 2.45) is 5.73 Å². The van der Waals surface area contributed by atoms with Crippen molar-refractivity contribution in [2.75, 3.05) is 25.7 Å². The number of aryl methyl sites for hydroxylation is 1. The van der Waals surface area contributed by atoms with E-state index in [2.05, 4.69) is 5.32 Å². The zero-order chi connectivity index (χ0) is 19.0. The van der Waals surface area contributed by atoms with Crippen LogP contribution < -0.4 is 20.5 Å². The maximum atomic E-state index is 12.5. The fraction of sp³-hybridized carbons (Fsp3) is 0.368. The number of rotatable bonds is 6. The summed E-state index contributed by atoms with van der Waals surface area (Å²) in [5, 5.41) is 3.45. The Labute approximate surface area is 161 Å². The van der Waals surface area contributed by atoms with Gasteiger partial charge in [-0.25, -0.2) is 0 Å². The average Bonchev–Trinajstić information content (AvgIpc) is 3.28. The summed E-state index contributed by atoms with van der Waals surface area (Å²) in [5.74, 6) is 0.826. The lowest BCUT2D eigenvalue weighted by molar-refractivity contribution is -0.117. The molecule has 2 aromatic rings. The predicted molar refractivity (Wildman–Crippen MR) is 102 cm³/mol. The third-order valence-electron chi connectivity index (χ3n) is 4.72. The number of anilines is 1. The van der Waals surface area contributed by atoms with E-state index >= 15 is 0 Å². The van der Waals surface area contributed by atoms with Gasteiger partial charge in [-0.2, -0.15) is 0 Å². The van der Waals surface area contributed by atoms with E-state index in [-0.39, 0.29) is 19.2 Å². The number of carbonyl (C=O) groups excluding carboxylic acids is 2. The SMILES string of the molecule is CN(CC(=O)Nc1sc2c(c1C(N)=O)CCC2)Cc1ccc2c(c1)OCO2. The molecule has 27 heavy (non-hydrogen) atoms. The van der Waals surface area contributed by atoms with E-state index < -0.39 is 5.91 Å². The Morgan fingerprint density at radius 2 is 2.07 bits per heavy atom. The molecule has 2 heterocycles. The molecule has 2 aliphatic rings. The molecule has 1 aromatic heterocycles. The van der Waals surface area contributed by atoms with Crippen molar-refractivity contribution in [2.45, 2.75) is 25.8 Å². The topological polar surface area (TPSA) is 93.9 Å². The first-order valence-electron chi connectivity index (χ1n) is 8.82. The van der Waals surface area contributed by atoms with E-state index in [9.17, 15) is 9.59 Å². The summed E-state index contributed by atoms with van der Waals surface area (Å²) in [6.07, 6.45) is 2.83. The molecule has 1 aromatic carbocycles. The Morgan fingerprint density at radius 3 is 2.89 bits per heavy atom. The van der Waals surface area contributed by atoms with Crippen molar-refractivity contribution in [3.8, 4) is 11.5 Å². The second kappa shape index (κ2) is 7.21. The van der Waals surface area contributed by atoms with E-state index in [1.807, 2.05) is 30.1 Å². The lowest BCUT2D eigenvalue weighted by Crippen LogP contribution is -2.30. The average molecular weight is 387 g/mol. The van der Waals surface area contributed by atoms with Gasteiger partial charge in [0.15, 0.2) is 11.5 Å². The van der Waals surface area contributed by atoms with Gasteiger partial charge in [-0.3, -0.25) is 14.5 Å². The van der Waals surface area contributed by atoms with Crippen LogP contribution in [0.15, 0.2) is 18.2 Å². The number of hydrogen-bond donors (Lipinski definition) is 2. The number of fused-ring (bicyclic) bond motifs is 2. The van der Waals surface area contributed by atoms with Gasteiger partial charge in [0.1, 0.15) is 5.00 Å². The van der Waals surface area contributed by atoms with E-state index in [0.717, 1.165) is 46.8 Å². The van der Waals surface area contributed by atoms with Gasteiger partial charge < -0.3 is 20.5 Å². The normalized spacial score (nSPS) is 14.4. The molecule has 0 radical (unpaired) electrons. The third kappa shape index (κ3) is 3.63. The zero-order valence-electron chi connectivity index (χ0n) is 15.0. The number of primary amides is 1. The van der Waals surface area contributed by atoms with Gasteiger partial charge in [0.2, 0.25) is 12.7 Å². The van der Waals surface area contributed by atoms with Crippen molar-refractivity contribution in [1.82, 2.24) is 4.90 Å². The summed E-state index contributed by atoms with van der Waals surface area (Å²) in [6, 6.07) is 5.75. The molecule has 3 N–H and O–H groups in total. The molecule has 0 saturated heterocycles. The number of benzene rings is 1. The molecule has 0 saturated carbocycles. The van der Waals surface area contributed by atoms with Crippen LogP contribution in [0.4, 0.5) is 5.00 Å². The van der Waals surface area contributed by atoms with Crippen LogP contribution in [0.3, 0.4) is 0 Å². The van der Waals surface area contributed by atoms with Gasteiger partial charge >= 0.3 is 0 Å². The van der Waals surface area contributed by atoms with Crippen LogP contribution in [0.1, 0.15) is 32.8 Å². The second-order valence-electron chi connectivity index (χ2n) is 6.83. The molecule has 0 unspecified atom stereocenters. The minimum atomic E-state index is -0.474. The number of carbonyl (C=O) groups is 2. The molecule has 2 amide bonds. The van der Waals surface area contributed by atoms with Gasteiger partial charge in [0, 0.05) is 11.4 Å². The molecule has 1 aliphatic carbocycles.